The molecule has 0 amide bonds. The van der Waals surface area contributed by atoms with Gasteiger partial charge in [0.15, 0.2) is 17.2 Å². The maximum absolute atomic E-state index is 14.1. The van der Waals surface area contributed by atoms with Gasteiger partial charge in [0.1, 0.15) is 16.8 Å². The lowest BCUT2D eigenvalue weighted by molar-refractivity contribution is -0.143. The van der Waals surface area contributed by atoms with Crippen molar-refractivity contribution in [3.05, 3.63) is 70.8 Å². The van der Waals surface area contributed by atoms with Crippen LogP contribution in [0.3, 0.4) is 0 Å². The first-order valence-electron chi connectivity index (χ1n) is 11.3. The Labute approximate surface area is 203 Å². The van der Waals surface area contributed by atoms with Gasteiger partial charge in [0.2, 0.25) is 0 Å². The summed E-state index contributed by atoms with van der Waals surface area (Å²) in [5, 5.41) is 17.1. The highest BCUT2D eigenvalue weighted by Crippen LogP contribution is 2.46. The average molecular weight is 497 g/mol. The summed E-state index contributed by atoms with van der Waals surface area (Å²) in [7, 11) is 0. The lowest BCUT2D eigenvalue weighted by Crippen LogP contribution is -2.45. The van der Waals surface area contributed by atoms with Crippen molar-refractivity contribution in [2.75, 3.05) is 0 Å². The van der Waals surface area contributed by atoms with Crippen molar-refractivity contribution in [2.24, 2.45) is 5.73 Å². The molecule has 0 saturated carbocycles. The van der Waals surface area contributed by atoms with E-state index in [1.54, 1.807) is 18.2 Å². The van der Waals surface area contributed by atoms with Gasteiger partial charge in [0.25, 0.3) is 0 Å². The van der Waals surface area contributed by atoms with Gasteiger partial charge in [0.05, 0.1) is 0 Å². The zero-order valence-electron chi connectivity index (χ0n) is 19.2. The molecular weight excluding hydrogens is 475 g/mol. The Morgan fingerprint density at radius 1 is 1.03 bits per heavy atom. The van der Waals surface area contributed by atoms with E-state index in [1.165, 1.54) is 19.1 Å². The van der Waals surface area contributed by atoms with Gasteiger partial charge in [-0.25, -0.2) is 0 Å². The molecular formula is C26H22F3N3O4. The monoisotopic (exact) mass is 497 g/mol. The molecule has 1 aliphatic rings. The van der Waals surface area contributed by atoms with Gasteiger partial charge in [-0.2, -0.15) is 13.2 Å². The van der Waals surface area contributed by atoms with Crippen LogP contribution in [0.2, 0.25) is 0 Å². The molecule has 1 aliphatic carbocycles. The Kier molecular flexibility index (Phi) is 5.71. The second-order valence-electron chi connectivity index (χ2n) is 9.15. The van der Waals surface area contributed by atoms with Crippen LogP contribution >= 0.6 is 0 Å². The molecule has 0 spiro atoms. The summed E-state index contributed by atoms with van der Waals surface area (Å²) in [6.45, 7) is 1.47. The highest BCUT2D eigenvalue weighted by atomic mass is 19.4. The Hall–Kier alpha value is -3.92. The topological polar surface area (TPSA) is 115 Å². The number of hydrogen-bond acceptors (Lipinski definition) is 6. The number of aryl methyl sites for hydroxylation is 2. The normalized spacial score (nSPS) is 14.7. The van der Waals surface area contributed by atoms with Gasteiger partial charge in [0, 0.05) is 16.7 Å². The first-order chi connectivity index (χ1) is 17.1. The molecule has 186 valence electrons. The lowest BCUT2D eigenvalue weighted by atomic mass is 9.86. The predicted octanol–water partition coefficient (Wildman–Crippen LogP) is 5.52. The van der Waals surface area contributed by atoms with Gasteiger partial charge in [-0.1, -0.05) is 58.8 Å². The molecule has 0 saturated heterocycles. The van der Waals surface area contributed by atoms with Crippen molar-refractivity contribution in [3.63, 3.8) is 0 Å². The van der Waals surface area contributed by atoms with Crippen LogP contribution in [0.15, 0.2) is 57.6 Å². The zero-order valence-corrected chi connectivity index (χ0v) is 19.2. The van der Waals surface area contributed by atoms with E-state index in [9.17, 15) is 23.1 Å². The number of aliphatic carboxylic acids is 1. The molecule has 0 bridgehead atoms. The number of carboxylic acids is 1. The Bertz CT molecular complexity index is 1440. The van der Waals surface area contributed by atoms with Crippen LogP contribution in [0.4, 0.5) is 13.2 Å². The van der Waals surface area contributed by atoms with Crippen molar-refractivity contribution in [1.29, 1.82) is 0 Å². The van der Waals surface area contributed by atoms with E-state index in [4.69, 9.17) is 14.8 Å². The van der Waals surface area contributed by atoms with Crippen LogP contribution in [0.5, 0.6) is 0 Å². The van der Waals surface area contributed by atoms with E-state index in [0.29, 0.717) is 30.5 Å². The van der Waals surface area contributed by atoms with Crippen LogP contribution in [0, 0.1) is 0 Å². The van der Waals surface area contributed by atoms with Gasteiger partial charge >= 0.3 is 12.1 Å². The molecule has 2 heterocycles. The molecule has 0 aliphatic heterocycles. The van der Waals surface area contributed by atoms with Crippen LogP contribution in [-0.2, 0) is 30.2 Å². The van der Waals surface area contributed by atoms with E-state index in [2.05, 4.69) is 10.3 Å². The molecule has 4 aromatic rings. The number of fused-ring (bicyclic) bond motifs is 3. The Balaban J connectivity index is 1.51. The standard InChI is InChI=1S/C26H22F3N3O4/c1-25(30,24(33)34)12-11-14-7-9-17-16(13-14)8-10-18-20(17)31-36-23(18)21-19(26(27,28)29)22(35-32-21)15-5-3-2-4-6-15/h2-7,9,13H,8,10-12,30H2,1H3,(H,33,34)/t25-/m0/s1. The number of carboxylic acid groups (broad SMARTS) is 1. The first-order valence-corrected chi connectivity index (χ1v) is 11.3. The van der Waals surface area contributed by atoms with Gasteiger partial charge < -0.3 is 19.9 Å². The van der Waals surface area contributed by atoms with Gasteiger partial charge in [-0.15, -0.1) is 0 Å². The minimum absolute atomic E-state index is 0.0571. The number of hydrogen-bond donors (Lipinski definition) is 2. The fourth-order valence-electron chi connectivity index (χ4n) is 4.44. The quantitative estimate of drug-likeness (QED) is 0.361. The summed E-state index contributed by atoms with van der Waals surface area (Å²) in [6.07, 6.45) is -3.04. The Morgan fingerprint density at radius 3 is 2.42 bits per heavy atom. The van der Waals surface area contributed by atoms with E-state index in [0.717, 1.165) is 16.7 Å². The molecule has 10 heteroatoms. The lowest BCUT2D eigenvalue weighted by Gasteiger charge is -2.20. The van der Waals surface area contributed by atoms with E-state index < -0.39 is 28.9 Å². The minimum Gasteiger partial charge on any atom is -0.480 e. The highest BCUT2D eigenvalue weighted by Gasteiger charge is 2.43. The third-order valence-electron chi connectivity index (χ3n) is 6.51. The molecule has 0 fully saturated rings. The fraction of sp³-hybridized carbons (Fsp3) is 0.269. The molecule has 3 N–H and O–H groups in total. The molecule has 2 aromatic heterocycles. The number of carbonyl (C=O) groups is 1. The number of alkyl halides is 3. The van der Waals surface area contributed by atoms with Gasteiger partial charge in [-0.05, 0) is 43.7 Å². The number of rotatable bonds is 6. The molecule has 1 atom stereocenters. The molecule has 7 nitrogen and oxygen atoms in total. The molecule has 5 rings (SSSR count). The Morgan fingerprint density at radius 2 is 1.72 bits per heavy atom. The molecule has 0 unspecified atom stereocenters. The summed E-state index contributed by atoms with van der Waals surface area (Å²) in [5.74, 6) is -1.50. The van der Waals surface area contributed by atoms with Crippen molar-refractivity contribution < 1.29 is 32.1 Å². The molecule has 0 radical (unpaired) electrons. The molecule has 2 aromatic carbocycles. The zero-order chi connectivity index (χ0) is 25.7. The number of benzene rings is 2. The third-order valence-corrected chi connectivity index (χ3v) is 6.51. The fourth-order valence-corrected chi connectivity index (χ4v) is 4.44. The second kappa shape index (κ2) is 8.63. The summed E-state index contributed by atoms with van der Waals surface area (Å²) >= 11 is 0. The van der Waals surface area contributed by atoms with Gasteiger partial charge in [-0.3, -0.25) is 4.79 Å². The summed E-state index contributed by atoms with van der Waals surface area (Å²) in [5.41, 5.74) is 6.95. The van der Waals surface area contributed by atoms with Crippen LogP contribution in [0.1, 0.15) is 35.6 Å². The van der Waals surface area contributed by atoms with Crippen LogP contribution < -0.4 is 5.73 Å². The number of halogens is 3. The highest BCUT2D eigenvalue weighted by molar-refractivity contribution is 5.79. The maximum Gasteiger partial charge on any atom is 0.422 e. The minimum atomic E-state index is -4.73. The van der Waals surface area contributed by atoms with Crippen molar-refractivity contribution in [1.82, 2.24) is 10.3 Å². The molecule has 36 heavy (non-hydrogen) atoms. The van der Waals surface area contributed by atoms with E-state index in [-0.39, 0.29) is 23.5 Å². The van der Waals surface area contributed by atoms with Crippen molar-refractivity contribution in [3.8, 4) is 34.0 Å². The predicted molar refractivity (Wildman–Crippen MR) is 124 cm³/mol. The first kappa shape index (κ1) is 23.8. The van der Waals surface area contributed by atoms with E-state index in [1.807, 2.05) is 18.2 Å². The smallest absolute Gasteiger partial charge is 0.422 e. The summed E-state index contributed by atoms with van der Waals surface area (Å²) in [6, 6.07) is 13.6. The van der Waals surface area contributed by atoms with Crippen molar-refractivity contribution >= 4 is 5.97 Å². The van der Waals surface area contributed by atoms with Crippen molar-refractivity contribution in [2.45, 2.75) is 44.3 Å². The third kappa shape index (κ3) is 4.17. The number of nitrogens with two attached hydrogens (primary N) is 1. The SMILES string of the molecule is C[C@](N)(CCc1ccc2c(c1)CCc1c-2noc1-c1noc(-c2ccccc2)c1C(F)(F)F)C(=O)O. The number of nitrogens with zero attached hydrogens (tertiary/aromatic N) is 2. The van der Waals surface area contributed by atoms with Crippen LogP contribution in [-0.4, -0.2) is 26.9 Å². The largest absolute Gasteiger partial charge is 0.480 e. The number of aromatic nitrogens is 2. The maximum atomic E-state index is 14.1. The summed E-state index contributed by atoms with van der Waals surface area (Å²) in [4.78, 5) is 11.3. The second-order valence-corrected chi connectivity index (χ2v) is 9.15. The van der Waals surface area contributed by atoms with E-state index >= 15 is 0 Å². The summed E-state index contributed by atoms with van der Waals surface area (Å²) < 4.78 is 53.0. The average Bonchev–Trinajstić information content (AvgIpc) is 3.47. The van der Waals surface area contributed by atoms with Crippen LogP contribution in [0.25, 0.3) is 34.0 Å².